The highest BCUT2D eigenvalue weighted by molar-refractivity contribution is 8.00. The van der Waals surface area contributed by atoms with Gasteiger partial charge in [0.25, 0.3) is 0 Å². The second kappa shape index (κ2) is 14.0. The molecule has 37 heavy (non-hydrogen) atoms. The van der Waals surface area contributed by atoms with E-state index in [0.29, 0.717) is 29.1 Å². The molecule has 2 aromatic carbocycles. The Bertz CT molecular complexity index is 1220. The number of benzene rings is 2. The van der Waals surface area contributed by atoms with Crippen LogP contribution in [0.4, 0.5) is 10.7 Å². The fourth-order valence-corrected chi connectivity index (χ4v) is 5.66. The molecule has 0 bridgehead atoms. The van der Waals surface area contributed by atoms with Crippen LogP contribution in [0.15, 0.2) is 58.8 Å². The van der Waals surface area contributed by atoms with Crippen molar-refractivity contribution >= 4 is 51.6 Å². The van der Waals surface area contributed by atoms with E-state index in [4.69, 9.17) is 4.74 Å². The maximum atomic E-state index is 13.3. The first-order valence-electron chi connectivity index (χ1n) is 12.6. The van der Waals surface area contributed by atoms with Crippen molar-refractivity contribution in [3.63, 3.8) is 0 Å². The standard InChI is InChI=1S/C29H34N2O4S2/c1-5-8-12-25(32)30-21-10-9-11-22(17-21)37-24(6-2)27(33)31-28-26(29(34)35-7-3)23(18-36-28)20-15-13-19(4)14-16-20/h9-11,13-18,24H,5-8,12H2,1-4H3,(H,30,32)(H,31,33). The number of ether oxygens (including phenoxy) is 1. The lowest BCUT2D eigenvalue weighted by Crippen LogP contribution is -2.25. The van der Waals surface area contributed by atoms with Gasteiger partial charge in [0.2, 0.25) is 11.8 Å². The average molecular weight is 539 g/mol. The zero-order valence-electron chi connectivity index (χ0n) is 21.8. The van der Waals surface area contributed by atoms with Gasteiger partial charge in [-0.25, -0.2) is 4.79 Å². The lowest BCUT2D eigenvalue weighted by Gasteiger charge is -2.16. The highest BCUT2D eigenvalue weighted by Crippen LogP contribution is 2.37. The van der Waals surface area contributed by atoms with Crippen molar-refractivity contribution in [1.29, 1.82) is 0 Å². The highest BCUT2D eigenvalue weighted by Gasteiger charge is 2.25. The number of thioether (sulfide) groups is 1. The van der Waals surface area contributed by atoms with Gasteiger partial charge in [-0.05, 0) is 50.5 Å². The molecule has 1 atom stereocenters. The van der Waals surface area contributed by atoms with Crippen LogP contribution in [0.3, 0.4) is 0 Å². The number of unbranched alkanes of at least 4 members (excludes halogenated alkanes) is 1. The Morgan fingerprint density at radius 2 is 1.78 bits per heavy atom. The number of thiophene rings is 1. The molecular formula is C29H34N2O4S2. The van der Waals surface area contributed by atoms with Gasteiger partial charge in [-0.2, -0.15) is 0 Å². The number of esters is 1. The van der Waals surface area contributed by atoms with Gasteiger partial charge in [0.1, 0.15) is 10.6 Å². The molecular weight excluding hydrogens is 504 g/mol. The first-order valence-corrected chi connectivity index (χ1v) is 14.3. The van der Waals surface area contributed by atoms with Crippen LogP contribution in [0.2, 0.25) is 0 Å². The number of anilines is 2. The van der Waals surface area contributed by atoms with Crippen LogP contribution in [0, 0.1) is 6.92 Å². The molecule has 0 radical (unpaired) electrons. The molecule has 0 aliphatic rings. The molecule has 1 heterocycles. The SMILES string of the molecule is CCCCC(=O)Nc1cccc(SC(CC)C(=O)Nc2scc(-c3ccc(C)cc3)c2C(=O)OCC)c1. The van der Waals surface area contributed by atoms with Crippen molar-refractivity contribution in [3.05, 3.63) is 65.0 Å². The third kappa shape index (κ3) is 7.94. The number of carbonyl (C=O) groups is 3. The summed E-state index contributed by atoms with van der Waals surface area (Å²) in [7, 11) is 0. The van der Waals surface area contributed by atoms with Crippen LogP contribution in [0.5, 0.6) is 0 Å². The van der Waals surface area contributed by atoms with Crippen molar-refractivity contribution in [2.45, 2.75) is 63.5 Å². The lowest BCUT2D eigenvalue weighted by molar-refractivity contribution is -0.116. The number of hydrogen-bond donors (Lipinski definition) is 2. The van der Waals surface area contributed by atoms with Crippen LogP contribution >= 0.6 is 23.1 Å². The summed E-state index contributed by atoms with van der Waals surface area (Å²) in [6, 6.07) is 15.4. The second-order valence-corrected chi connectivity index (χ2v) is 10.8. The van der Waals surface area contributed by atoms with Gasteiger partial charge in [0, 0.05) is 27.9 Å². The summed E-state index contributed by atoms with van der Waals surface area (Å²) in [5, 5.41) is 7.89. The summed E-state index contributed by atoms with van der Waals surface area (Å²) < 4.78 is 5.32. The van der Waals surface area contributed by atoms with Crippen LogP contribution in [-0.2, 0) is 14.3 Å². The minimum Gasteiger partial charge on any atom is -0.462 e. The minimum atomic E-state index is -0.457. The smallest absolute Gasteiger partial charge is 0.341 e. The minimum absolute atomic E-state index is 0.0117. The van der Waals surface area contributed by atoms with E-state index in [1.54, 1.807) is 6.92 Å². The van der Waals surface area contributed by atoms with Crippen molar-refractivity contribution in [1.82, 2.24) is 0 Å². The second-order valence-electron chi connectivity index (χ2n) is 8.62. The Balaban J connectivity index is 1.78. The summed E-state index contributed by atoms with van der Waals surface area (Å²) in [6.07, 6.45) is 2.89. The number of amides is 2. The van der Waals surface area contributed by atoms with Gasteiger partial charge in [0.05, 0.1) is 11.9 Å². The summed E-state index contributed by atoms with van der Waals surface area (Å²) >= 11 is 2.75. The van der Waals surface area contributed by atoms with Gasteiger partial charge in [-0.15, -0.1) is 23.1 Å². The quantitative estimate of drug-likeness (QED) is 0.184. The molecule has 2 amide bonds. The maximum Gasteiger partial charge on any atom is 0.341 e. The molecule has 3 aromatic rings. The number of carbonyl (C=O) groups excluding carboxylic acids is 3. The van der Waals surface area contributed by atoms with Crippen LogP contribution in [0.25, 0.3) is 11.1 Å². The fraction of sp³-hybridized carbons (Fsp3) is 0.345. The Morgan fingerprint density at radius 3 is 2.46 bits per heavy atom. The van der Waals surface area contributed by atoms with E-state index < -0.39 is 5.97 Å². The fourth-order valence-electron chi connectivity index (χ4n) is 3.69. The molecule has 2 N–H and O–H groups in total. The average Bonchev–Trinajstić information content (AvgIpc) is 3.30. The van der Waals surface area contributed by atoms with E-state index in [2.05, 4.69) is 17.6 Å². The Labute approximate surface area is 227 Å². The monoisotopic (exact) mass is 538 g/mol. The molecule has 6 nitrogen and oxygen atoms in total. The molecule has 0 aliphatic carbocycles. The molecule has 0 aliphatic heterocycles. The van der Waals surface area contributed by atoms with E-state index in [1.807, 2.05) is 67.8 Å². The van der Waals surface area contributed by atoms with Crippen LogP contribution in [-0.4, -0.2) is 29.6 Å². The number of aryl methyl sites for hydroxylation is 1. The maximum absolute atomic E-state index is 13.3. The van der Waals surface area contributed by atoms with E-state index in [0.717, 1.165) is 34.4 Å². The molecule has 0 saturated heterocycles. The van der Waals surface area contributed by atoms with Gasteiger partial charge in [0.15, 0.2) is 0 Å². The molecule has 196 valence electrons. The number of nitrogens with one attached hydrogen (secondary N) is 2. The summed E-state index contributed by atoms with van der Waals surface area (Å²) in [5.74, 6) is -0.656. The van der Waals surface area contributed by atoms with E-state index in [1.165, 1.54) is 23.1 Å². The van der Waals surface area contributed by atoms with Crippen molar-refractivity contribution in [2.24, 2.45) is 0 Å². The van der Waals surface area contributed by atoms with E-state index in [9.17, 15) is 14.4 Å². The Hall–Kier alpha value is -3.10. The van der Waals surface area contributed by atoms with Gasteiger partial charge in [-0.1, -0.05) is 56.2 Å². The third-order valence-corrected chi connectivity index (χ3v) is 7.94. The zero-order chi connectivity index (χ0) is 26.8. The Morgan fingerprint density at radius 1 is 1.03 bits per heavy atom. The molecule has 1 aromatic heterocycles. The molecule has 3 rings (SSSR count). The van der Waals surface area contributed by atoms with Crippen molar-refractivity contribution in [3.8, 4) is 11.1 Å². The number of rotatable bonds is 12. The summed E-state index contributed by atoms with van der Waals surface area (Å²) in [4.78, 5) is 39.2. The normalized spacial score (nSPS) is 11.6. The third-order valence-electron chi connectivity index (χ3n) is 5.69. The van der Waals surface area contributed by atoms with Crippen molar-refractivity contribution in [2.75, 3.05) is 17.2 Å². The molecule has 1 unspecified atom stereocenters. The van der Waals surface area contributed by atoms with Gasteiger partial charge in [-0.3, -0.25) is 9.59 Å². The topological polar surface area (TPSA) is 84.5 Å². The largest absolute Gasteiger partial charge is 0.462 e. The van der Waals surface area contributed by atoms with Crippen LogP contribution < -0.4 is 10.6 Å². The zero-order valence-corrected chi connectivity index (χ0v) is 23.4. The molecule has 8 heteroatoms. The van der Waals surface area contributed by atoms with E-state index >= 15 is 0 Å². The Kier molecular flexibility index (Phi) is 10.8. The van der Waals surface area contributed by atoms with Crippen LogP contribution in [0.1, 0.15) is 62.4 Å². The summed E-state index contributed by atoms with van der Waals surface area (Å²) in [5.41, 5.74) is 3.85. The molecule has 0 saturated carbocycles. The first kappa shape index (κ1) is 28.5. The van der Waals surface area contributed by atoms with Crippen molar-refractivity contribution < 1.29 is 19.1 Å². The molecule has 0 spiro atoms. The first-order chi connectivity index (χ1) is 17.9. The predicted octanol–water partition coefficient (Wildman–Crippen LogP) is 7.54. The van der Waals surface area contributed by atoms with Gasteiger partial charge >= 0.3 is 5.97 Å². The number of hydrogen-bond acceptors (Lipinski definition) is 6. The van der Waals surface area contributed by atoms with Gasteiger partial charge < -0.3 is 15.4 Å². The predicted molar refractivity (Wildman–Crippen MR) is 154 cm³/mol. The lowest BCUT2D eigenvalue weighted by atomic mass is 10.0. The highest BCUT2D eigenvalue weighted by atomic mass is 32.2. The summed E-state index contributed by atoms with van der Waals surface area (Å²) in [6.45, 7) is 8.02. The molecule has 0 fully saturated rings. The van der Waals surface area contributed by atoms with E-state index in [-0.39, 0.29) is 23.7 Å².